The van der Waals surface area contributed by atoms with Crippen LogP contribution in [0.3, 0.4) is 0 Å². The van der Waals surface area contributed by atoms with E-state index in [2.05, 4.69) is 38.5 Å². The molecular formula is C34H60N3O4S+. The summed E-state index contributed by atoms with van der Waals surface area (Å²) in [6.07, 6.45) is 28.7. The molecule has 1 unspecified atom stereocenters. The predicted molar refractivity (Wildman–Crippen MR) is 172 cm³/mol. The summed E-state index contributed by atoms with van der Waals surface area (Å²) in [7, 11) is 0. The van der Waals surface area contributed by atoms with Crippen molar-refractivity contribution in [2.45, 2.75) is 135 Å². The number of unbranched alkanes of at least 4 members (excludes halogenated alkanes) is 15. The number of rotatable bonds is 30. The molecule has 2 heterocycles. The quantitative estimate of drug-likeness (QED) is 0.0722. The second kappa shape index (κ2) is 26.0. The number of aromatic nitrogens is 3. The molecule has 8 heteroatoms. The Bertz CT molecular complexity index is 827. The molecular weight excluding hydrogens is 546 g/mol. The highest BCUT2D eigenvalue weighted by Gasteiger charge is 2.33. The lowest BCUT2D eigenvalue weighted by Gasteiger charge is -2.26. The van der Waals surface area contributed by atoms with Gasteiger partial charge in [0.15, 0.2) is 24.2 Å². The first kappa shape index (κ1) is 36.7. The van der Waals surface area contributed by atoms with Gasteiger partial charge in [0.1, 0.15) is 0 Å². The molecule has 0 saturated carbocycles. The maximum atomic E-state index is 11.3. The molecule has 0 aliphatic heterocycles. The van der Waals surface area contributed by atoms with Gasteiger partial charge in [0.25, 0.3) is 0 Å². The van der Waals surface area contributed by atoms with Crippen LogP contribution >= 0.6 is 11.3 Å². The lowest BCUT2D eigenvalue weighted by molar-refractivity contribution is -0.692. The zero-order chi connectivity index (χ0) is 29.8. The SMILES string of the molecule is CCCCCCCCCCCCCCCCCCOCC(O)(COCCCOCCC[n+]1ccsc1)c1ncccn1. The van der Waals surface area contributed by atoms with E-state index >= 15 is 0 Å². The molecule has 0 aliphatic carbocycles. The van der Waals surface area contributed by atoms with Gasteiger partial charge in [-0.2, -0.15) is 4.57 Å². The molecule has 0 aromatic carbocycles. The molecule has 240 valence electrons. The normalized spacial score (nSPS) is 13.0. The number of ether oxygens (including phenoxy) is 3. The van der Waals surface area contributed by atoms with Crippen molar-refractivity contribution in [3.63, 3.8) is 0 Å². The summed E-state index contributed by atoms with van der Waals surface area (Å²) >= 11 is 1.70. The Kier molecular flexibility index (Phi) is 22.7. The molecule has 0 radical (unpaired) electrons. The molecule has 0 amide bonds. The minimum atomic E-state index is -1.35. The van der Waals surface area contributed by atoms with Gasteiger partial charge in [0, 0.05) is 38.6 Å². The van der Waals surface area contributed by atoms with Crippen LogP contribution in [0.1, 0.15) is 128 Å². The molecule has 0 fully saturated rings. The Morgan fingerprint density at radius 2 is 1.17 bits per heavy atom. The highest BCUT2D eigenvalue weighted by Crippen LogP contribution is 2.19. The van der Waals surface area contributed by atoms with Crippen LogP contribution in [0.2, 0.25) is 0 Å². The first-order valence-electron chi connectivity index (χ1n) is 16.9. The zero-order valence-electron chi connectivity index (χ0n) is 26.6. The molecule has 0 bridgehead atoms. The summed E-state index contributed by atoms with van der Waals surface area (Å²) in [5.74, 6) is 0.346. The second-order valence-electron chi connectivity index (χ2n) is 11.6. The topological polar surface area (TPSA) is 77.6 Å². The van der Waals surface area contributed by atoms with Crippen molar-refractivity contribution < 1.29 is 23.9 Å². The van der Waals surface area contributed by atoms with E-state index in [0.29, 0.717) is 25.6 Å². The third kappa shape index (κ3) is 19.0. The average Bonchev–Trinajstić information content (AvgIpc) is 3.54. The van der Waals surface area contributed by atoms with Gasteiger partial charge in [-0.3, -0.25) is 0 Å². The lowest BCUT2D eigenvalue weighted by atomic mass is 10.0. The van der Waals surface area contributed by atoms with E-state index in [-0.39, 0.29) is 13.2 Å². The molecule has 0 spiro atoms. The van der Waals surface area contributed by atoms with Gasteiger partial charge in [-0.25, -0.2) is 9.97 Å². The Hall–Kier alpha value is -1.45. The average molecular weight is 607 g/mol. The fourth-order valence-corrected chi connectivity index (χ4v) is 5.68. The van der Waals surface area contributed by atoms with E-state index < -0.39 is 5.60 Å². The molecule has 7 nitrogen and oxygen atoms in total. The standard InChI is InChI=1S/C34H60N3O4S/c1-2-3-4-5-6-7-8-9-10-11-12-13-14-15-16-17-25-40-30-34(38,33-35-21-18-22-36-33)31-41-28-20-27-39-26-19-23-37-24-29-42-32-37/h18,21-22,24,29,32,38H,2-17,19-20,23,25-28,30-31H2,1H3/q+1. The maximum Gasteiger partial charge on any atom is 0.224 e. The lowest BCUT2D eigenvalue weighted by Crippen LogP contribution is -2.39. The molecule has 2 aromatic rings. The Labute approximate surface area is 260 Å². The Morgan fingerprint density at radius 3 is 1.71 bits per heavy atom. The van der Waals surface area contributed by atoms with Crippen molar-refractivity contribution in [1.82, 2.24) is 9.97 Å². The minimum absolute atomic E-state index is 0.102. The van der Waals surface area contributed by atoms with Gasteiger partial charge >= 0.3 is 0 Å². The fraction of sp³-hybridized carbons (Fsp3) is 0.794. The first-order valence-corrected chi connectivity index (χ1v) is 17.8. The zero-order valence-corrected chi connectivity index (χ0v) is 27.4. The molecule has 0 saturated heterocycles. The summed E-state index contributed by atoms with van der Waals surface area (Å²) in [4.78, 5) is 8.54. The van der Waals surface area contributed by atoms with E-state index in [4.69, 9.17) is 14.2 Å². The van der Waals surface area contributed by atoms with E-state index in [1.54, 1.807) is 29.8 Å². The van der Waals surface area contributed by atoms with Gasteiger partial charge in [0.2, 0.25) is 5.51 Å². The predicted octanol–water partition coefficient (Wildman–Crippen LogP) is 7.80. The van der Waals surface area contributed by atoms with E-state index in [9.17, 15) is 5.11 Å². The highest BCUT2D eigenvalue weighted by atomic mass is 32.1. The van der Waals surface area contributed by atoms with E-state index in [0.717, 1.165) is 32.4 Å². The third-order valence-electron chi connectivity index (χ3n) is 7.62. The van der Waals surface area contributed by atoms with Crippen LogP contribution in [0.4, 0.5) is 0 Å². The molecule has 2 rings (SSSR count). The monoisotopic (exact) mass is 606 g/mol. The number of hydrogen-bond acceptors (Lipinski definition) is 7. The van der Waals surface area contributed by atoms with Crippen molar-refractivity contribution in [1.29, 1.82) is 0 Å². The first-order chi connectivity index (χ1) is 20.7. The van der Waals surface area contributed by atoms with Crippen molar-refractivity contribution in [3.05, 3.63) is 41.4 Å². The number of hydrogen-bond donors (Lipinski definition) is 1. The van der Waals surface area contributed by atoms with Crippen molar-refractivity contribution in [3.8, 4) is 0 Å². The summed E-state index contributed by atoms with van der Waals surface area (Å²) in [6, 6.07) is 1.75. The largest absolute Gasteiger partial charge is 0.381 e. The second-order valence-corrected chi connectivity index (χ2v) is 12.4. The van der Waals surface area contributed by atoms with Crippen molar-refractivity contribution in [2.75, 3.05) is 39.6 Å². The van der Waals surface area contributed by atoms with Gasteiger partial charge in [0.05, 0.1) is 25.2 Å². The van der Waals surface area contributed by atoms with Crippen LogP contribution in [0.15, 0.2) is 35.5 Å². The number of thiazole rings is 1. The van der Waals surface area contributed by atoms with Crippen LogP contribution in [0.25, 0.3) is 0 Å². The Balaban J connectivity index is 1.44. The van der Waals surface area contributed by atoms with Crippen LogP contribution < -0.4 is 4.57 Å². The number of nitrogens with zero attached hydrogens (tertiary/aromatic N) is 3. The van der Waals surface area contributed by atoms with Crippen molar-refractivity contribution >= 4 is 11.3 Å². The molecule has 42 heavy (non-hydrogen) atoms. The van der Waals surface area contributed by atoms with E-state index in [1.807, 2.05) is 0 Å². The maximum absolute atomic E-state index is 11.3. The number of aryl methyl sites for hydroxylation is 1. The highest BCUT2D eigenvalue weighted by molar-refractivity contribution is 7.07. The van der Waals surface area contributed by atoms with Gasteiger partial charge in [-0.15, -0.1) is 0 Å². The van der Waals surface area contributed by atoms with Crippen molar-refractivity contribution in [2.24, 2.45) is 0 Å². The van der Waals surface area contributed by atoms with Gasteiger partial charge in [-0.05, 0) is 18.9 Å². The van der Waals surface area contributed by atoms with Crippen LogP contribution in [-0.2, 0) is 26.4 Å². The van der Waals surface area contributed by atoms with E-state index in [1.165, 1.54) is 96.3 Å². The third-order valence-corrected chi connectivity index (χ3v) is 8.29. The van der Waals surface area contributed by atoms with Gasteiger partial charge in [-0.1, -0.05) is 115 Å². The summed E-state index contributed by atoms with van der Waals surface area (Å²) in [5, 5.41) is 13.3. The van der Waals surface area contributed by atoms with Crippen LogP contribution in [-0.4, -0.2) is 54.7 Å². The molecule has 2 aromatic heterocycles. The van der Waals surface area contributed by atoms with Gasteiger partial charge < -0.3 is 19.3 Å². The summed E-state index contributed by atoms with van der Waals surface area (Å²) < 4.78 is 19.6. The smallest absolute Gasteiger partial charge is 0.224 e. The Morgan fingerprint density at radius 1 is 0.667 bits per heavy atom. The van der Waals surface area contributed by atoms with Crippen LogP contribution in [0.5, 0.6) is 0 Å². The fourth-order valence-electron chi connectivity index (χ4n) is 5.05. The van der Waals surface area contributed by atoms with Crippen LogP contribution in [0, 0.1) is 0 Å². The summed E-state index contributed by atoms with van der Waals surface area (Å²) in [6.45, 7) is 6.01. The minimum Gasteiger partial charge on any atom is -0.381 e. The molecule has 1 N–H and O–H groups in total. The molecule has 1 atom stereocenters. The molecule has 0 aliphatic rings. The summed E-state index contributed by atoms with van der Waals surface area (Å²) in [5.41, 5.74) is 0.755. The number of aliphatic hydroxyl groups is 1.